The van der Waals surface area contributed by atoms with E-state index < -0.39 is 191 Å². The van der Waals surface area contributed by atoms with E-state index in [4.69, 9.17) is 27.3 Å². The molecule has 0 bridgehead atoms. The normalized spacial score (nSPS) is 16.3. The molecule has 0 aromatic rings. The summed E-state index contributed by atoms with van der Waals surface area (Å²) in [6.45, 7) is -14.2. The molecule has 0 heterocycles. The van der Waals surface area contributed by atoms with Gasteiger partial charge in [-0.1, -0.05) is 0 Å². The lowest BCUT2D eigenvalue weighted by Crippen LogP contribution is -2.66. The van der Waals surface area contributed by atoms with Crippen LogP contribution in [0.25, 0.3) is 0 Å². The van der Waals surface area contributed by atoms with Gasteiger partial charge in [-0.25, -0.2) is 41.8 Å². The third kappa shape index (κ3) is 31.1. The van der Waals surface area contributed by atoms with Crippen molar-refractivity contribution in [3.05, 3.63) is 0 Å². The minimum Gasteiger partial charge on any atom is -0.341 e. The monoisotopic (exact) mass is 1220 g/mol. The van der Waals surface area contributed by atoms with E-state index in [2.05, 4.69) is 41.8 Å². The van der Waals surface area contributed by atoms with Crippen molar-refractivity contribution >= 4 is 116 Å². The highest BCUT2D eigenvalue weighted by atomic mass is 32.3. The number of hydrogen-bond donors (Lipinski definition) is 12. The predicted octanol–water partition coefficient (Wildman–Crippen LogP) is -9.64. The quantitative estimate of drug-likeness (QED) is 0.0272. The standard InChI is InChI=1S/C14H28N2O42S10/c17-11(15-13(1-49-59(19,20)21,2-50-60(22,23)24)3-51-61(25,26)27)9(57-67(43,44)45)7(55-65(37,38)39)8(56-66(40,41)42)10(58-68(46,47)48)12(18)16-14(4-52-62(28,29)30,5-53-63(31,32)33)6-54-64(34,35)36/h7-10H,1-6H2,(H,15,17)(H,16,18)(H,19,20,21)(H,22,23,24)(H,25,26,27)(H,28,29,30)(H,31,32,33)(H,34,35,36)(H,37,38,39)(H,40,41,42)(H,43,44,45)(H,46,47,48)/t7-,8+,9+,10-. The zero-order valence-corrected chi connectivity index (χ0v) is 39.3. The lowest BCUT2D eigenvalue weighted by molar-refractivity contribution is -0.150. The van der Waals surface area contributed by atoms with Crippen LogP contribution in [0, 0.1) is 0 Å². The molecule has 0 spiro atoms. The van der Waals surface area contributed by atoms with E-state index in [1.54, 1.807) is 0 Å². The molecule has 0 radical (unpaired) electrons. The van der Waals surface area contributed by atoms with Crippen molar-refractivity contribution in [2.75, 3.05) is 39.6 Å². The average Bonchev–Trinajstić information content (AvgIpc) is 3.05. The van der Waals surface area contributed by atoms with Crippen molar-refractivity contribution in [3.8, 4) is 0 Å². The second-order valence-corrected chi connectivity index (χ2v) is 22.3. The van der Waals surface area contributed by atoms with E-state index in [1.165, 1.54) is 0 Å². The number of nitrogens with one attached hydrogen (secondary N) is 2. The summed E-state index contributed by atoms with van der Waals surface area (Å²) >= 11 is 0. The molecule has 44 nitrogen and oxygen atoms in total. The molecule has 0 aliphatic heterocycles. The highest BCUT2D eigenvalue weighted by Gasteiger charge is 2.54. The third-order valence-electron chi connectivity index (χ3n) is 6.03. The summed E-state index contributed by atoms with van der Waals surface area (Å²) < 4.78 is 363. The minimum atomic E-state index is -6.85. The zero-order valence-electron chi connectivity index (χ0n) is 31.2. The Balaban J connectivity index is 8.85. The molecule has 0 aromatic heterocycles. The number of carbonyl (C=O) groups is 2. The van der Waals surface area contributed by atoms with Gasteiger partial charge in [0.25, 0.3) is 11.8 Å². The molecule has 0 unspecified atom stereocenters. The number of amides is 2. The van der Waals surface area contributed by atoms with Crippen LogP contribution in [0.4, 0.5) is 0 Å². The summed E-state index contributed by atoms with van der Waals surface area (Å²) in [6.07, 6.45) is -17.8. The number of rotatable bonds is 33. The zero-order chi connectivity index (χ0) is 54.2. The van der Waals surface area contributed by atoms with Crippen LogP contribution in [0.5, 0.6) is 0 Å². The summed E-state index contributed by atoms with van der Waals surface area (Å²) in [7, 11) is -63.4. The van der Waals surface area contributed by atoms with Crippen molar-refractivity contribution in [2.24, 2.45) is 0 Å². The van der Waals surface area contributed by atoms with E-state index >= 15 is 0 Å². The molecule has 0 aliphatic rings. The van der Waals surface area contributed by atoms with Gasteiger partial charge in [-0.05, 0) is 0 Å². The Hall–Kier alpha value is -2.36. The summed E-state index contributed by atoms with van der Waals surface area (Å²) in [4.78, 5) is 27.6. The molecule has 0 saturated heterocycles. The summed E-state index contributed by atoms with van der Waals surface area (Å²) in [6, 6.07) is 0. The van der Waals surface area contributed by atoms with Crippen LogP contribution in [0.15, 0.2) is 0 Å². The van der Waals surface area contributed by atoms with Crippen LogP contribution in [-0.4, -0.2) is 217 Å². The molecule has 0 fully saturated rings. The first kappa shape index (κ1) is 65.6. The Morgan fingerprint density at radius 1 is 0.309 bits per heavy atom. The molecule has 0 saturated carbocycles. The van der Waals surface area contributed by atoms with Gasteiger partial charge in [-0.2, -0.15) is 84.2 Å². The maximum absolute atomic E-state index is 13.8. The second kappa shape index (κ2) is 23.5. The van der Waals surface area contributed by atoms with Gasteiger partial charge in [0, 0.05) is 0 Å². The van der Waals surface area contributed by atoms with Crippen molar-refractivity contribution in [2.45, 2.75) is 35.5 Å². The van der Waals surface area contributed by atoms with Gasteiger partial charge < -0.3 is 10.6 Å². The molecule has 0 aliphatic carbocycles. The fourth-order valence-corrected chi connectivity index (χ4v) is 8.00. The predicted molar refractivity (Wildman–Crippen MR) is 192 cm³/mol. The lowest BCUT2D eigenvalue weighted by Gasteiger charge is -2.37. The fourth-order valence-electron chi connectivity index (χ4n) is 3.85. The van der Waals surface area contributed by atoms with Crippen LogP contribution in [-0.2, 0) is 155 Å². The number of carbonyl (C=O) groups excluding carboxylic acids is 2. The Bertz CT molecular complexity index is 2580. The lowest BCUT2D eigenvalue weighted by atomic mass is 9.97. The first-order valence-electron chi connectivity index (χ1n) is 14.6. The van der Waals surface area contributed by atoms with E-state index in [-0.39, 0.29) is 0 Å². The van der Waals surface area contributed by atoms with Crippen LogP contribution in [0.1, 0.15) is 0 Å². The molecule has 4 atom stereocenters. The maximum Gasteiger partial charge on any atom is 0.398 e. The maximum atomic E-state index is 13.8. The van der Waals surface area contributed by atoms with Crippen LogP contribution < -0.4 is 10.6 Å². The Morgan fingerprint density at radius 2 is 0.471 bits per heavy atom. The van der Waals surface area contributed by atoms with E-state index in [0.717, 1.165) is 10.6 Å². The van der Waals surface area contributed by atoms with Gasteiger partial charge in [0.2, 0.25) is 0 Å². The molecule has 68 heavy (non-hydrogen) atoms. The van der Waals surface area contributed by atoms with Crippen LogP contribution in [0.2, 0.25) is 0 Å². The molecule has 12 N–H and O–H groups in total. The van der Waals surface area contributed by atoms with Gasteiger partial charge in [0.05, 0.1) is 39.6 Å². The van der Waals surface area contributed by atoms with E-state index in [1.807, 2.05) is 0 Å². The third-order valence-corrected chi connectivity index (χ3v) is 10.4. The molecule has 406 valence electrons. The van der Waals surface area contributed by atoms with Crippen molar-refractivity contribution in [1.29, 1.82) is 0 Å². The van der Waals surface area contributed by atoms with Crippen LogP contribution in [0.3, 0.4) is 0 Å². The smallest absolute Gasteiger partial charge is 0.341 e. The van der Waals surface area contributed by atoms with E-state index in [9.17, 15) is 112 Å². The first-order chi connectivity index (χ1) is 29.6. The van der Waals surface area contributed by atoms with Crippen LogP contribution >= 0.6 is 0 Å². The summed E-state index contributed by atoms with van der Waals surface area (Å²) in [5.74, 6) is -6.14. The van der Waals surface area contributed by atoms with Crippen molar-refractivity contribution in [1.82, 2.24) is 10.6 Å². The van der Waals surface area contributed by atoms with Gasteiger partial charge >= 0.3 is 104 Å². The Labute approximate surface area is 380 Å². The van der Waals surface area contributed by atoms with E-state index in [0.29, 0.717) is 0 Å². The average molecular weight is 1220 g/mol. The molecule has 2 amide bonds. The van der Waals surface area contributed by atoms with Gasteiger partial charge in [-0.15, -0.1) is 0 Å². The molecular formula is C14H28N2O42S10. The highest BCUT2D eigenvalue weighted by Crippen LogP contribution is 2.26. The van der Waals surface area contributed by atoms with Gasteiger partial charge in [0.1, 0.15) is 23.3 Å². The Kier molecular flexibility index (Phi) is 22.6. The summed E-state index contributed by atoms with van der Waals surface area (Å²) in [5, 5.41) is 1.87. The molecule has 0 rings (SSSR count). The fraction of sp³-hybridized carbons (Fsp3) is 0.857. The number of hydrogen-bond acceptors (Lipinski definition) is 32. The topological polar surface area (TPSA) is 694 Å². The van der Waals surface area contributed by atoms with Crippen molar-refractivity contribution in [3.63, 3.8) is 0 Å². The SMILES string of the molecule is O=C(NC(COS(=O)(=O)O)(COS(=O)(=O)O)COS(=O)(=O)O)[C@@H](OS(=O)(=O)O)[C@H](OS(=O)(=O)O)[C@H](OS(=O)(=O)O)[C@@H](OS(=O)(=O)O)C(=O)NC(COS(=O)(=O)O)(COS(=O)(=O)O)COS(=O)(=O)O. The largest absolute Gasteiger partial charge is 0.398 e. The minimum absolute atomic E-state index is 0.937. The Morgan fingerprint density at radius 3 is 0.603 bits per heavy atom. The molecular weight excluding hydrogens is 1190 g/mol. The van der Waals surface area contributed by atoms with Gasteiger partial charge in [0.15, 0.2) is 12.2 Å². The first-order valence-corrected chi connectivity index (χ1v) is 28.3. The van der Waals surface area contributed by atoms with Crippen molar-refractivity contribution < 1.29 is 181 Å². The summed E-state index contributed by atoms with van der Waals surface area (Å²) in [5.41, 5.74) is -7.70. The highest BCUT2D eigenvalue weighted by molar-refractivity contribution is 7.83. The second-order valence-electron chi connectivity index (χ2n) is 11.5. The van der Waals surface area contributed by atoms with Gasteiger partial charge in [-0.3, -0.25) is 55.1 Å². The molecule has 0 aromatic carbocycles. The molecule has 54 heteroatoms.